The Labute approximate surface area is 119 Å². The summed E-state index contributed by atoms with van der Waals surface area (Å²) in [6.07, 6.45) is 0.392. The van der Waals surface area contributed by atoms with Crippen LogP contribution in [0, 0.1) is 0 Å². The summed E-state index contributed by atoms with van der Waals surface area (Å²) in [5, 5.41) is 9.19. The van der Waals surface area contributed by atoms with Crippen LogP contribution in [0.15, 0.2) is 18.2 Å². The van der Waals surface area contributed by atoms with E-state index in [1.165, 1.54) is 0 Å². The third-order valence-electron chi connectivity index (χ3n) is 3.30. The van der Waals surface area contributed by atoms with Gasteiger partial charge in [0, 0.05) is 18.7 Å². The summed E-state index contributed by atoms with van der Waals surface area (Å²) in [6, 6.07) is 5.59. The van der Waals surface area contributed by atoms with E-state index in [1.807, 2.05) is 25.1 Å². The van der Waals surface area contributed by atoms with Crippen molar-refractivity contribution in [1.82, 2.24) is 4.90 Å². The van der Waals surface area contributed by atoms with Crippen molar-refractivity contribution in [3.8, 4) is 5.75 Å². The van der Waals surface area contributed by atoms with Crippen molar-refractivity contribution in [2.24, 2.45) is 0 Å². The van der Waals surface area contributed by atoms with Crippen LogP contribution in [0.2, 0.25) is 0 Å². The van der Waals surface area contributed by atoms with Gasteiger partial charge >= 0.3 is 0 Å². The molecule has 0 fully saturated rings. The number of carbonyl (C=O) groups is 1. The van der Waals surface area contributed by atoms with Crippen molar-refractivity contribution >= 4 is 5.91 Å². The first kappa shape index (κ1) is 14.8. The van der Waals surface area contributed by atoms with Gasteiger partial charge in [-0.05, 0) is 24.6 Å². The summed E-state index contributed by atoms with van der Waals surface area (Å²) >= 11 is 0. The quantitative estimate of drug-likeness (QED) is 0.826. The first-order valence-electron chi connectivity index (χ1n) is 6.95. The van der Waals surface area contributed by atoms with Gasteiger partial charge in [-0.1, -0.05) is 6.07 Å². The smallest absolute Gasteiger partial charge is 0.225 e. The number of carbonyl (C=O) groups excluding carboxylic acids is 1. The number of amides is 1. The first-order valence-corrected chi connectivity index (χ1v) is 6.95. The highest BCUT2D eigenvalue weighted by Gasteiger charge is 2.19. The molecule has 1 amide bonds. The largest absolute Gasteiger partial charge is 0.491 e. The van der Waals surface area contributed by atoms with Crippen LogP contribution in [0.4, 0.5) is 0 Å². The van der Waals surface area contributed by atoms with Gasteiger partial charge in [0.05, 0.1) is 26.2 Å². The van der Waals surface area contributed by atoms with Gasteiger partial charge in [0.2, 0.25) is 5.91 Å². The second-order valence-corrected chi connectivity index (χ2v) is 4.71. The summed E-state index contributed by atoms with van der Waals surface area (Å²) in [5.74, 6) is 0.867. The molecule has 1 aliphatic rings. The Hall–Kier alpha value is -1.59. The Morgan fingerprint density at radius 2 is 2.35 bits per heavy atom. The lowest BCUT2D eigenvalue weighted by Gasteiger charge is -2.20. The number of ether oxygens (including phenoxy) is 2. The van der Waals surface area contributed by atoms with E-state index in [1.54, 1.807) is 4.90 Å². The molecule has 110 valence electrons. The Bertz CT molecular complexity index is 461. The Morgan fingerprint density at radius 3 is 3.10 bits per heavy atom. The van der Waals surface area contributed by atoms with Gasteiger partial charge in [-0.3, -0.25) is 4.79 Å². The number of fused-ring (bicyclic) bond motifs is 1. The summed E-state index contributed by atoms with van der Waals surface area (Å²) in [7, 11) is 0. The highest BCUT2D eigenvalue weighted by atomic mass is 16.5. The molecule has 0 spiro atoms. The number of hydrogen-bond donors (Lipinski definition) is 1. The number of aliphatic hydroxyl groups excluding tert-OH is 1. The molecule has 5 heteroatoms. The molecule has 0 atom stereocenters. The fraction of sp³-hybridized carbons (Fsp3) is 0.533. The van der Waals surface area contributed by atoms with Crippen molar-refractivity contribution < 1.29 is 19.4 Å². The number of rotatable bonds is 5. The van der Waals surface area contributed by atoms with E-state index in [2.05, 4.69) is 0 Å². The molecular weight excluding hydrogens is 258 g/mol. The van der Waals surface area contributed by atoms with Crippen molar-refractivity contribution in [2.75, 3.05) is 26.4 Å². The first-order chi connectivity index (χ1) is 9.74. The number of nitrogens with zero attached hydrogens (tertiary/aromatic N) is 1. The zero-order chi connectivity index (χ0) is 14.4. The molecule has 0 saturated carbocycles. The predicted octanol–water partition coefficient (Wildman–Crippen LogP) is 1.33. The zero-order valence-electron chi connectivity index (χ0n) is 11.8. The van der Waals surface area contributed by atoms with Gasteiger partial charge in [-0.2, -0.15) is 0 Å². The SMILES string of the molecule is CCOCCC(=O)N1CCOc2ccc(CO)cc2C1. The van der Waals surface area contributed by atoms with Crippen LogP contribution < -0.4 is 4.74 Å². The topological polar surface area (TPSA) is 59.0 Å². The minimum Gasteiger partial charge on any atom is -0.491 e. The average Bonchev–Trinajstić information content (AvgIpc) is 2.68. The maximum absolute atomic E-state index is 12.1. The Kier molecular flexibility index (Phi) is 5.38. The maximum atomic E-state index is 12.1. The van der Waals surface area contributed by atoms with E-state index in [0.717, 1.165) is 16.9 Å². The molecule has 0 radical (unpaired) electrons. The van der Waals surface area contributed by atoms with Crippen LogP contribution >= 0.6 is 0 Å². The van der Waals surface area contributed by atoms with E-state index < -0.39 is 0 Å². The summed E-state index contributed by atoms with van der Waals surface area (Å²) in [4.78, 5) is 13.9. The van der Waals surface area contributed by atoms with Crippen LogP contribution in [-0.2, 0) is 22.7 Å². The van der Waals surface area contributed by atoms with Crippen LogP contribution in [0.25, 0.3) is 0 Å². The van der Waals surface area contributed by atoms with Crippen molar-refractivity contribution in [3.05, 3.63) is 29.3 Å². The molecule has 20 heavy (non-hydrogen) atoms. The standard InChI is InChI=1S/C15H21NO4/c1-2-19-7-5-15(18)16-6-8-20-14-4-3-12(11-17)9-13(14)10-16/h3-4,9,17H,2,5-8,10-11H2,1H3. The summed E-state index contributed by atoms with van der Waals surface area (Å²) in [5.41, 5.74) is 1.77. The van der Waals surface area contributed by atoms with E-state index in [9.17, 15) is 9.90 Å². The number of benzene rings is 1. The van der Waals surface area contributed by atoms with Gasteiger partial charge in [-0.25, -0.2) is 0 Å². The molecule has 0 aromatic heterocycles. The molecule has 5 nitrogen and oxygen atoms in total. The normalized spacial score (nSPS) is 14.4. The molecule has 1 N–H and O–H groups in total. The second kappa shape index (κ2) is 7.26. The van der Waals surface area contributed by atoms with Gasteiger partial charge in [-0.15, -0.1) is 0 Å². The monoisotopic (exact) mass is 279 g/mol. The highest BCUT2D eigenvalue weighted by molar-refractivity contribution is 5.76. The van der Waals surface area contributed by atoms with E-state index in [0.29, 0.717) is 39.3 Å². The molecule has 0 aliphatic carbocycles. The van der Waals surface area contributed by atoms with Crippen LogP contribution in [0.3, 0.4) is 0 Å². The van der Waals surface area contributed by atoms with Gasteiger partial charge in [0.1, 0.15) is 12.4 Å². The second-order valence-electron chi connectivity index (χ2n) is 4.71. The van der Waals surface area contributed by atoms with Gasteiger partial charge in [0.15, 0.2) is 0 Å². The van der Waals surface area contributed by atoms with Crippen LogP contribution in [0.1, 0.15) is 24.5 Å². The fourth-order valence-corrected chi connectivity index (χ4v) is 2.22. The molecule has 2 rings (SSSR count). The van der Waals surface area contributed by atoms with Crippen molar-refractivity contribution in [2.45, 2.75) is 26.5 Å². The lowest BCUT2D eigenvalue weighted by Crippen LogP contribution is -2.33. The molecular formula is C15H21NO4. The molecule has 0 unspecified atom stereocenters. The molecule has 1 aromatic rings. The molecule has 0 saturated heterocycles. The third kappa shape index (κ3) is 3.71. The third-order valence-corrected chi connectivity index (χ3v) is 3.30. The van der Waals surface area contributed by atoms with Gasteiger partial charge in [0.25, 0.3) is 0 Å². The molecule has 1 heterocycles. The van der Waals surface area contributed by atoms with E-state index in [-0.39, 0.29) is 12.5 Å². The van der Waals surface area contributed by atoms with Crippen LogP contribution in [-0.4, -0.2) is 42.3 Å². The minimum absolute atomic E-state index is 0.00837. The maximum Gasteiger partial charge on any atom is 0.225 e. The Balaban J connectivity index is 2.04. The van der Waals surface area contributed by atoms with Gasteiger partial charge < -0.3 is 19.5 Å². The predicted molar refractivity (Wildman–Crippen MR) is 74.4 cm³/mol. The van der Waals surface area contributed by atoms with E-state index in [4.69, 9.17) is 9.47 Å². The van der Waals surface area contributed by atoms with Crippen molar-refractivity contribution in [1.29, 1.82) is 0 Å². The van der Waals surface area contributed by atoms with E-state index >= 15 is 0 Å². The zero-order valence-corrected chi connectivity index (χ0v) is 11.8. The molecule has 1 aromatic carbocycles. The molecule has 0 bridgehead atoms. The minimum atomic E-state index is -0.00837. The average molecular weight is 279 g/mol. The molecule has 1 aliphatic heterocycles. The highest BCUT2D eigenvalue weighted by Crippen LogP contribution is 2.24. The summed E-state index contributed by atoms with van der Waals surface area (Å²) in [6.45, 7) is 4.58. The lowest BCUT2D eigenvalue weighted by molar-refractivity contribution is -0.133. The summed E-state index contributed by atoms with van der Waals surface area (Å²) < 4.78 is 10.9. The fourth-order valence-electron chi connectivity index (χ4n) is 2.22. The van der Waals surface area contributed by atoms with Crippen molar-refractivity contribution in [3.63, 3.8) is 0 Å². The number of aliphatic hydroxyl groups is 1. The number of hydrogen-bond acceptors (Lipinski definition) is 4. The Morgan fingerprint density at radius 1 is 1.50 bits per heavy atom. The van der Waals surface area contributed by atoms with Crippen LogP contribution in [0.5, 0.6) is 5.75 Å². The lowest BCUT2D eigenvalue weighted by atomic mass is 10.1.